The van der Waals surface area contributed by atoms with Crippen LogP contribution >= 0.6 is 11.6 Å². The number of aromatic nitrogens is 1. The molecule has 2 aromatic rings. The molecule has 0 bridgehead atoms. The van der Waals surface area contributed by atoms with E-state index in [2.05, 4.69) is 4.57 Å². The van der Waals surface area contributed by atoms with Crippen molar-refractivity contribution in [3.8, 4) is 0 Å². The molecule has 1 heterocycles. The minimum absolute atomic E-state index is 0.178. The summed E-state index contributed by atoms with van der Waals surface area (Å²) in [6.07, 6.45) is 1.99. The Hall–Kier alpha value is -1.28. The number of nitrogens with zero attached hydrogens (tertiary/aromatic N) is 1. The zero-order valence-electron chi connectivity index (χ0n) is 8.37. The van der Waals surface area contributed by atoms with Crippen LogP contribution in [-0.4, -0.2) is 4.57 Å². The molecule has 0 radical (unpaired) electrons. The Labute approximate surface area is 93.1 Å². The van der Waals surface area contributed by atoms with E-state index in [1.54, 1.807) is 12.1 Å². The fraction of sp³-hybridized carbons (Fsp3) is 0.167. The summed E-state index contributed by atoms with van der Waals surface area (Å²) in [5.74, 6) is -0.371. The maximum absolute atomic E-state index is 12.9. The Kier molecular flexibility index (Phi) is 2.78. The second-order valence-electron chi connectivity index (χ2n) is 3.53. The SMILES string of the molecule is Cc1cccn1Cc1ccc(F)c(Cl)c1. The molecule has 0 aliphatic rings. The molecule has 0 aliphatic carbocycles. The molecule has 1 nitrogen and oxygen atoms in total. The lowest BCUT2D eigenvalue weighted by Gasteiger charge is -2.06. The van der Waals surface area contributed by atoms with E-state index in [-0.39, 0.29) is 10.8 Å². The van der Waals surface area contributed by atoms with Gasteiger partial charge < -0.3 is 4.57 Å². The number of hydrogen-bond acceptors (Lipinski definition) is 0. The number of rotatable bonds is 2. The first-order valence-electron chi connectivity index (χ1n) is 4.72. The maximum Gasteiger partial charge on any atom is 0.141 e. The van der Waals surface area contributed by atoms with Gasteiger partial charge in [-0.3, -0.25) is 0 Å². The molecule has 1 aromatic heterocycles. The third-order valence-electron chi connectivity index (χ3n) is 2.39. The standard InChI is InChI=1S/C12H11ClFN/c1-9-3-2-6-15(9)8-10-4-5-12(14)11(13)7-10/h2-7H,8H2,1H3. The molecule has 0 N–H and O–H groups in total. The average Bonchev–Trinajstić information content (AvgIpc) is 2.59. The van der Waals surface area contributed by atoms with Gasteiger partial charge in [-0.2, -0.15) is 0 Å². The van der Waals surface area contributed by atoms with Crippen molar-refractivity contribution in [1.82, 2.24) is 4.57 Å². The maximum atomic E-state index is 12.9. The van der Waals surface area contributed by atoms with E-state index >= 15 is 0 Å². The summed E-state index contributed by atoms with van der Waals surface area (Å²) >= 11 is 5.71. The van der Waals surface area contributed by atoms with Crippen molar-refractivity contribution in [1.29, 1.82) is 0 Å². The summed E-state index contributed by atoms with van der Waals surface area (Å²) in [5.41, 5.74) is 2.18. The first-order valence-corrected chi connectivity index (χ1v) is 5.10. The quantitative estimate of drug-likeness (QED) is 0.733. The topological polar surface area (TPSA) is 4.93 Å². The van der Waals surface area contributed by atoms with Crippen molar-refractivity contribution in [3.63, 3.8) is 0 Å². The number of aryl methyl sites for hydroxylation is 1. The Bertz CT molecular complexity index is 476. The first-order chi connectivity index (χ1) is 7.16. The number of halogens is 2. The van der Waals surface area contributed by atoms with Crippen molar-refractivity contribution in [2.24, 2.45) is 0 Å². The Morgan fingerprint density at radius 3 is 2.73 bits per heavy atom. The molecule has 3 heteroatoms. The zero-order chi connectivity index (χ0) is 10.8. The lowest BCUT2D eigenvalue weighted by Crippen LogP contribution is -2.00. The molecule has 0 aliphatic heterocycles. The van der Waals surface area contributed by atoms with E-state index < -0.39 is 0 Å². The summed E-state index contributed by atoms with van der Waals surface area (Å²) < 4.78 is 15.0. The highest BCUT2D eigenvalue weighted by Gasteiger charge is 2.02. The van der Waals surface area contributed by atoms with E-state index in [0.717, 1.165) is 12.1 Å². The van der Waals surface area contributed by atoms with Gasteiger partial charge in [0.1, 0.15) is 5.82 Å². The van der Waals surface area contributed by atoms with E-state index in [1.807, 2.05) is 25.3 Å². The summed E-state index contributed by atoms with van der Waals surface area (Å²) in [5, 5.41) is 0.178. The molecule has 0 atom stereocenters. The van der Waals surface area contributed by atoms with Crippen LogP contribution in [0, 0.1) is 12.7 Å². The Balaban J connectivity index is 2.25. The van der Waals surface area contributed by atoms with Crippen molar-refractivity contribution >= 4 is 11.6 Å². The van der Waals surface area contributed by atoms with E-state index in [4.69, 9.17) is 11.6 Å². The fourth-order valence-electron chi connectivity index (χ4n) is 1.51. The second-order valence-corrected chi connectivity index (χ2v) is 3.93. The average molecular weight is 224 g/mol. The van der Waals surface area contributed by atoms with Gasteiger partial charge in [0.25, 0.3) is 0 Å². The van der Waals surface area contributed by atoms with Gasteiger partial charge in [0.05, 0.1) is 5.02 Å². The molecule has 0 unspecified atom stereocenters. The van der Waals surface area contributed by atoms with Gasteiger partial charge in [0, 0.05) is 18.4 Å². The zero-order valence-corrected chi connectivity index (χ0v) is 9.13. The smallest absolute Gasteiger partial charge is 0.141 e. The molecule has 2 rings (SSSR count). The van der Waals surface area contributed by atoms with E-state index in [0.29, 0.717) is 0 Å². The minimum atomic E-state index is -0.371. The van der Waals surface area contributed by atoms with E-state index in [1.165, 1.54) is 11.8 Å². The molecular formula is C12H11ClFN. The molecular weight excluding hydrogens is 213 g/mol. The normalized spacial score (nSPS) is 10.6. The van der Waals surface area contributed by atoms with Crippen LogP contribution < -0.4 is 0 Å². The molecule has 1 aromatic carbocycles. The van der Waals surface area contributed by atoms with Crippen LogP contribution in [0.3, 0.4) is 0 Å². The lowest BCUT2D eigenvalue weighted by atomic mass is 10.2. The van der Waals surface area contributed by atoms with Crippen LogP contribution in [0.2, 0.25) is 5.02 Å². The third-order valence-corrected chi connectivity index (χ3v) is 2.68. The van der Waals surface area contributed by atoms with Crippen LogP contribution in [0.5, 0.6) is 0 Å². The first kappa shape index (κ1) is 10.2. The van der Waals surface area contributed by atoms with Crippen LogP contribution in [0.1, 0.15) is 11.3 Å². The molecule has 0 fully saturated rings. The van der Waals surface area contributed by atoms with Crippen molar-refractivity contribution < 1.29 is 4.39 Å². The summed E-state index contributed by atoms with van der Waals surface area (Å²) in [6.45, 7) is 2.75. The van der Waals surface area contributed by atoms with Gasteiger partial charge in [0.15, 0.2) is 0 Å². The molecule has 0 saturated heterocycles. The van der Waals surface area contributed by atoms with Crippen LogP contribution in [-0.2, 0) is 6.54 Å². The summed E-state index contributed by atoms with van der Waals surface area (Å²) in [7, 11) is 0. The minimum Gasteiger partial charge on any atom is -0.347 e. The van der Waals surface area contributed by atoms with Crippen molar-refractivity contribution in [2.45, 2.75) is 13.5 Å². The molecule has 78 valence electrons. The third kappa shape index (κ3) is 2.21. The summed E-state index contributed by atoms with van der Waals surface area (Å²) in [4.78, 5) is 0. The van der Waals surface area contributed by atoms with Gasteiger partial charge in [-0.1, -0.05) is 17.7 Å². The predicted octanol–water partition coefficient (Wildman–Crippen LogP) is 3.64. The highest BCUT2D eigenvalue weighted by molar-refractivity contribution is 6.30. The summed E-state index contributed by atoms with van der Waals surface area (Å²) in [6, 6.07) is 8.83. The van der Waals surface area contributed by atoms with Gasteiger partial charge in [-0.15, -0.1) is 0 Å². The molecule has 0 saturated carbocycles. The van der Waals surface area contributed by atoms with E-state index in [9.17, 15) is 4.39 Å². The predicted molar refractivity (Wildman–Crippen MR) is 59.7 cm³/mol. The highest BCUT2D eigenvalue weighted by Crippen LogP contribution is 2.17. The van der Waals surface area contributed by atoms with Crippen LogP contribution in [0.15, 0.2) is 36.5 Å². The Morgan fingerprint density at radius 1 is 1.33 bits per heavy atom. The van der Waals surface area contributed by atoms with Crippen molar-refractivity contribution in [3.05, 3.63) is 58.6 Å². The number of hydrogen-bond donors (Lipinski definition) is 0. The second kappa shape index (κ2) is 4.07. The fourth-order valence-corrected chi connectivity index (χ4v) is 1.71. The van der Waals surface area contributed by atoms with Crippen LogP contribution in [0.4, 0.5) is 4.39 Å². The van der Waals surface area contributed by atoms with Crippen molar-refractivity contribution in [2.75, 3.05) is 0 Å². The largest absolute Gasteiger partial charge is 0.347 e. The van der Waals surface area contributed by atoms with Gasteiger partial charge >= 0.3 is 0 Å². The lowest BCUT2D eigenvalue weighted by molar-refractivity contribution is 0.626. The highest BCUT2D eigenvalue weighted by atomic mass is 35.5. The molecule has 0 spiro atoms. The van der Waals surface area contributed by atoms with Crippen LogP contribution in [0.25, 0.3) is 0 Å². The molecule has 15 heavy (non-hydrogen) atoms. The Morgan fingerprint density at radius 2 is 2.13 bits per heavy atom. The molecule has 0 amide bonds. The monoisotopic (exact) mass is 223 g/mol. The number of benzene rings is 1. The van der Waals surface area contributed by atoms with Gasteiger partial charge in [-0.25, -0.2) is 4.39 Å². The van der Waals surface area contributed by atoms with Gasteiger partial charge in [-0.05, 0) is 36.8 Å². The van der Waals surface area contributed by atoms with Gasteiger partial charge in [0.2, 0.25) is 0 Å².